The molecule has 1 N–H and O–H groups in total. The van der Waals surface area contributed by atoms with Gasteiger partial charge in [0.25, 0.3) is 0 Å². The highest BCUT2D eigenvalue weighted by molar-refractivity contribution is 9.10. The average Bonchev–Trinajstić information content (AvgIpc) is 3.50. The summed E-state index contributed by atoms with van der Waals surface area (Å²) in [5.74, 6) is 1.06. The van der Waals surface area contributed by atoms with Gasteiger partial charge in [-0.15, -0.1) is 0 Å². The molecule has 0 unspecified atom stereocenters. The highest BCUT2D eigenvalue weighted by Gasteiger charge is 2.51. The molecule has 1 saturated carbocycles. The van der Waals surface area contributed by atoms with E-state index >= 15 is 0 Å². The van der Waals surface area contributed by atoms with Crippen LogP contribution in [0.15, 0.2) is 47.1 Å². The van der Waals surface area contributed by atoms with Crippen molar-refractivity contribution in [3.05, 3.63) is 58.2 Å². The molecule has 1 aliphatic heterocycles. The first-order valence-electron chi connectivity index (χ1n) is 9.00. The first-order valence-corrected chi connectivity index (χ1v) is 9.79. The van der Waals surface area contributed by atoms with Crippen molar-refractivity contribution in [2.24, 2.45) is 0 Å². The maximum atomic E-state index is 12.9. The number of nitrogens with one attached hydrogen (secondary N) is 1. The van der Waals surface area contributed by atoms with Crippen LogP contribution in [0.1, 0.15) is 24.0 Å². The quantitative estimate of drug-likeness (QED) is 0.815. The number of amides is 1. The lowest BCUT2D eigenvalue weighted by atomic mass is 9.95. The van der Waals surface area contributed by atoms with Crippen LogP contribution in [-0.4, -0.2) is 37.2 Å². The highest BCUT2D eigenvalue weighted by atomic mass is 79.9. The van der Waals surface area contributed by atoms with Gasteiger partial charge in [-0.1, -0.05) is 34.1 Å². The van der Waals surface area contributed by atoms with Crippen molar-refractivity contribution in [1.29, 1.82) is 0 Å². The van der Waals surface area contributed by atoms with Gasteiger partial charge in [0.2, 0.25) is 5.91 Å². The standard InChI is InChI=1S/C20H22BrN3O2/c21-17-5-3-16(4-6-17)20(7-8-20)19(25)23-14-15-2-1-9-22-18(15)24-10-12-26-13-11-24/h1-6,9H,7-8,10-14H2,(H,23,25). The van der Waals surface area contributed by atoms with Crippen molar-refractivity contribution in [3.63, 3.8) is 0 Å². The third-order valence-electron chi connectivity index (χ3n) is 5.20. The topological polar surface area (TPSA) is 54.5 Å². The summed E-state index contributed by atoms with van der Waals surface area (Å²) in [5.41, 5.74) is 1.79. The normalized spacial score (nSPS) is 18.4. The predicted octanol–water partition coefficient (Wildman–Crippen LogP) is 3.03. The fourth-order valence-electron chi connectivity index (χ4n) is 3.51. The zero-order valence-electron chi connectivity index (χ0n) is 14.6. The van der Waals surface area contributed by atoms with Gasteiger partial charge in [-0.3, -0.25) is 4.79 Å². The predicted molar refractivity (Wildman–Crippen MR) is 104 cm³/mol. The molecule has 1 aliphatic carbocycles. The van der Waals surface area contributed by atoms with Crippen LogP contribution in [-0.2, 0) is 21.5 Å². The summed E-state index contributed by atoms with van der Waals surface area (Å²) >= 11 is 3.46. The Morgan fingerprint density at radius 1 is 1.19 bits per heavy atom. The number of carbonyl (C=O) groups excluding carboxylic acids is 1. The first kappa shape index (κ1) is 17.5. The summed E-state index contributed by atoms with van der Waals surface area (Å²) in [7, 11) is 0. The number of ether oxygens (including phenoxy) is 1. The van der Waals surface area contributed by atoms with Crippen molar-refractivity contribution < 1.29 is 9.53 Å². The van der Waals surface area contributed by atoms with Crippen LogP contribution in [0.2, 0.25) is 0 Å². The molecule has 0 radical (unpaired) electrons. The number of hydrogen-bond acceptors (Lipinski definition) is 4. The SMILES string of the molecule is O=C(NCc1cccnc1N1CCOCC1)C1(c2ccc(Br)cc2)CC1. The van der Waals surface area contributed by atoms with E-state index in [1.54, 1.807) is 6.20 Å². The first-order chi connectivity index (χ1) is 12.7. The number of rotatable bonds is 5. The van der Waals surface area contributed by atoms with E-state index in [0.717, 1.165) is 60.6 Å². The highest BCUT2D eigenvalue weighted by Crippen LogP contribution is 2.48. The minimum absolute atomic E-state index is 0.108. The van der Waals surface area contributed by atoms with E-state index in [-0.39, 0.29) is 11.3 Å². The van der Waals surface area contributed by atoms with E-state index in [4.69, 9.17) is 4.74 Å². The van der Waals surface area contributed by atoms with Crippen molar-refractivity contribution in [1.82, 2.24) is 10.3 Å². The van der Waals surface area contributed by atoms with Crippen LogP contribution in [0.25, 0.3) is 0 Å². The van der Waals surface area contributed by atoms with E-state index in [1.165, 1.54) is 0 Å². The molecular formula is C20H22BrN3O2. The zero-order chi connectivity index (χ0) is 18.0. The van der Waals surface area contributed by atoms with Crippen LogP contribution in [0.5, 0.6) is 0 Å². The van der Waals surface area contributed by atoms with Crippen molar-refractivity contribution >= 4 is 27.7 Å². The van der Waals surface area contributed by atoms with Crippen molar-refractivity contribution in [2.45, 2.75) is 24.8 Å². The Bertz CT molecular complexity index is 784. The molecule has 26 heavy (non-hydrogen) atoms. The van der Waals surface area contributed by atoms with Gasteiger partial charge in [-0.2, -0.15) is 0 Å². The molecule has 1 aromatic heterocycles. The molecule has 4 rings (SSSR count). The number of morpholine rings is 1. The van der Waals surface area contributed by atoms with Gasteiger partial charge >= 0.3 is 0 Å². The molecule has 0 spiro atoms. The fourth-order valence-corrected chi connectivity index (χ4v) is 3.78. The van der Waals surface area contributed by atoms with E-state index in [1.807, 2.05) is 36.4 Å². The number of aromatic nitrogens is 1. The fraction of sp³-hybridized carbons (Fsp3) is 0.400. The lowest BCUT2D eigenvalue weighted by Crippen LogP contribution is -2.38. The number of carbonyl (C=O) groups is 1. The number of anilines is 1. The van der Waals surface area contributed by atoms with Gasteiger partial charge in [-0.05, 0) is 36.6 Å². The summed E-state index contributed by atoms with van der Waals surface area (Å²) in [4.78, 5) is 19.7. The Kier molecular flexibility index (Phi) is 4.96. The largest absolute Gasteiger partial charge is 0.378 e. The Balaban J connectivity index is 1.46. The molecule has 1 amide bonds. The molecule has 5 nitrogen and oxygen atoms in total. The summed E-state index contributed by atoms with van der Waals surface area (Å²) < 4.78 is 6.46. The van der Waals surface area contributed by atoms with Gasteiger partial charge in [0.1, 0.15) is 5.82 Å². The number of hydrogen-bond donors (Lipinski definition) is 1. The molecule has 0 atom stereocenters. The molecule has 0 bridgehead atoms. The minimum atomic E-state index is -0.359. The second-order valence-electron chi connectivity index (χ2n) is 6.86. The second-order valence-corrected chi connectivity index (χ2v) is 7.77. The molecule has 2 aliphatic rings. The summed E-state index contributed by atoms with van der Waals surface area (Å²) in [5, 5.41) is 3.15. The van der Waals surface area contributed by atoms with Crippen LogP contribution in [0, 0.1) is 0 Å². The third kappa shape index (κ3) is 3.48. The average molecular weight is 416 g/mol. The van der Waals surface area contributed by atoms with E-state index in [9.17, 15) is 4.79 Å². The monoisotopic (exact) mass is 415 g/mol. The zero-order valence-corrected chi connectivity index (χ0v) is 16.2. The van der Waals surface area contributed by atoms with Crippen LogP contribution < -0.4 is 10.2 Å². The Morgan fingerprint density at radius 2 is 1.92 bits per heavy atom. The second kappa shape index (κ2) is 7.37. The van der Waals surface area contributed by atoms with Gasteiger partial charge in [-0.25, -0.2) is 4.98 Å². The van der Waals surface area contributed by atoms with E-state index in [0.29, 0.717) is 6.54 Å². The summed E-state index contributed by atoms with van der Waals surface area (Å²) in [6, 6.07) is 12.0. The number of nitrogens with zero attached hydrogens (tertiary/aromatic N) is 2. The number of halogens is 1. The third-order valence-corrected chi connectivity index (χ3v) is 5.73. The van der Waals surface area contributed by atoms with Gasteiger partial charge < -0.3 is 15.0 Å². The van der Waals surface area contributed by atoms with Gasteiger partial charge in [0.05, 0.1) is 18.6 Å². The number of benzene rings is 1. The Hall–Kier alpha value is -1.92. The van der Waals surface area contributed by atoms with Crippen LogP contribution in [0.3, 0.4) is 0 Å². The summed E-state index contributed by atoms with van der Waals surface area (Å²) in [6.07, 6.45) is 3.62. The molecule has 2 fully saturated rings. The lowest BCUT2D eigenvalue weighted by molar-refractivity contribution is -0.123. The maximum absolute atomic E-state index is 12.9. The molecular weight excluding hydrogens is 394 g/mol. The Morgan fingerprint density at radius 3 is 2.62 bits per heavy atom. The summed E-state index contributed by atoms with van der Waals surface area (Å²) in [6.45, 7) is 3.60. The molecule has 6 heteroatoms. The van der Waals surface area contributed by atoms with Crippen LogP contribution in [0.4, 0.5) is 5.82 Å². The Labute approximate surface area is 161 Å². The molecule has 1 saturated heterocycles. The van der Waals surface area contributed by atoms with E-state index < -0.39 is 0 Å². The maximum Gasteiger partial charge on any atom is 0.230 e. The lowest BCUT2D eigenvalue weighted by Gasteiger charge is -2.29. The molecule has 2 aromatic rings. The smallest absolute Gasteiger partial charge is 0.230 e. The van der Waals surface area contributed by atoms with Crippen molar-refractivity contribution in [3.8, 4) is 0 Å². The molecule has 2 heterocycles. The van der Waals surface area contributed by atoms with Crippen LogP contribution >= 0.6 is 15.9 Å². The van der Waals surface area contributed by atoms with Gasteiger partial charge in [0.15, 0.2) is 0 Å². The molecule has 1 aromatic carbocycles. The van der Waals surface area contributed by atoms with E-state index in [2.05, 4.69) is 31.1 Å². The van der Waals surface area contributed by atoms with Gasteiger partial charge in [0, 0.05) is 35.9 Å². The number of pyridine rings is 1. The minimum Gasteiger partial charge on any atom is -0.378 e. The van der Waals surface area contributed by atoms with Crippen molar-refractivity contribution in [2.75, 3.05) is 31.2 Å². The molecule has 136 valence electrons.